The van der Waals surface area contributed by atoms with Crippen LogP contribution >= 0.6 is 0 Å². The molecular weight excluding hydrogens is 443 g/mol. The highest BCUT2D eigenvalue weighted by atomic mass is 19.1. The van der Waals surface area contributed by atoms with Gasteiger partial charge in [-0.15, -0.1) is 0 Å². The number of allylic oxidation sites excluding steroid dienone is 1. The average molecular weight is 477 g/mol. The third kappa shape index (κ3) is 3.99. The van der Waals surface area contributed by atoms with Gasteiger partial charge < -0.3 is 15.0 Å². The van der Waals surface area contributed by atoms with Crippen molar-refractivity contribution < 1.29 is 13.9 Å². The number of halogens is 1. The number of hydrogen-bond donors (Lipinski definition) is 1. The van der Waals surface area contributed by atoms with E-state index in [1.807, 2.05) is 26.8 Å². The number of carbonyl (C=O) groups excluding carboxylic acids is 1. The molecule has 4 atom stereocenters. The van der Waals surface area contributed by atoms with Gasteiger partial charge in [-0.25, -0.2) is 4.39 Å². The Morgan fingerprint density at radius 3 is 2.91 bits per heavy atom. The van der Waals surface area contributed by atoms with E-state index in [0.717, 1.165) is 42.8 Å². The van der Waals surface area contributed by atoms with Gasteiger partial charge in [0, 0.05) is 55.3 Å². The van der Waals surface area contributed by atoms with Gasteiger partial charge in [-0.1, -0.05) is 11.6 Å². The minimum atomic E-state index is -0.452. The van der Waals surface area contributed by atoms with Crippen molar-refractivity contribution in [1.29, 1.82) is 0 Å². The highest BCUT2D eigenvalue weighted by Crippen LogP contribution is 2.46. The Morgan fingerprint density at radius 2 is 2.14 bits per heavy atom. The van der Waals surface area contributed by atoms with E-state index in [4.69, 9.17) is 4.74 Å². The number of pyridine rings is 1. The van der Waals surface area contributed by atoms with Gasteiger partial charge in [0.05, 0.1) is 24.0 Å². The molecule has 0 saturated carbocycles. The van der Waals surface area contributed by atoms with Gasteiger partial charge in [0.25, 0.3) is 0 Å². The van der Waals surface area contributed by atoms with E-state index in [2.05, 4.69) is 39.4 Å². The zero-order valence-electron chi connectivity index (χ0n) is 20.8. The maximum Gasteiger partial charge on any atom is 0.320 e. The Labute approximate surface area is 206 Å². The standard InChI is InChI=1S/C28H33FN4O2/c1-28(2,3)35-24(34)15-33-13-17-8-16(9-18(17)14-33)22-11-23-25-19(12-32(23)4)10-21(29)20-6-5-7-30-26(20)27(25)31-22/h5-8,10,12,17-18,22-23,31H,9,11,13-15H2,1-4H3. The summed E-state index contributed by atoms with van der Waals surface area (Å²) in [6, 6.07) is 4.00. The van der Waals surface area contributed by atoms with E-state index in [0.29, 0.717) is 29.6 Å². The Bertz CT molecular complexity index is 1210. The number of likely N-dealkylation sites (N-methyl/N-ethyl adjacent to an activating group) is 1. The summed E-state index contributed by atoms with van der Waals surface area (Å²) in [5, 5.41) is 3.79. The van der Waals surface area contributed by atoms with Crippen molar-refractivity contribution in [2.75, 3.05) is 26.7 Å². The maximum absolute atomic E-state index is 15.1. The largest absolute Gasteiger partial charge is 0.459 e. The van der Waals surface area contributed by atoms with E-state index >= 15 is 4.39 Å². The third-order valence-corrected chi connectivity index (χ3v) is 7.82. The lowest BCUT2D eigenvalue weighted by molar-refractivity contribution is -0.155. The minimum absolute atomic E-state index is 0.150. The van der Waals surface area contributed by atoms with Crippen LogP contribution in [0, 0.1) is 11.8 Å². The van der Waals surface area contributed by atoms with Crippen LogP contribution in [-0.2, 0) is 9.53 Å². The van der Waals surface area contributed by atoms with Gasteiger partial charge in [0.15, 0.2) is 0 Å². The highest BCUT2D eigenvalue weighted by Gasteiger charge is 2.44. The summed E-state index contributed by atoms with van der Waals surface area (Å²) in [7, 11) is 2.08. The van der Waals surface area contributed by atoms with Crippen LogP contribution in [0.4, 0.5) is 4.39 Å². The molecule has 2 aliphatic carbocycles. The number of fused-ring (bicyclic) bond motifs is 3. The molecular formula is C28H33FN4O2. The fourth-order valence-electron chi connectivity index (χ4n) is 6.45. The molecule has 6 rings (SSSR count). The van der Waals surface area contributed by atoms with E-state index in [-0.39, 0.29) is 23.9 Å². The van der Waals surface area contributed by atoms with E-state index < -0.39 is 5.60 Å². The first-order valence-electron chi connectivity index (χ1n) is 12.6. The minimum Gasteiger partial charge on any atom is -0.459 e. The fourth-order valence-corrected chi connectivity index (χ4v) is 6.45. The molecule has 6 nitrogen and oxygen atoms in total. The molecule has 0 spiro atoms. The zero-order valence-corrected chi connectivity index (χ0v) is 20.8. The summed E-state index contributed by atoms with van der Waals surface area (Å²) in [6.45, 7) is 7.88. The van der Waals surface area contributed by atoms with Crippen LogP contribution in [0.1, 0.15) is 44.9 Å². The van der Waals surface area contributed by atoms with Crippen molar-refractivity contribution in [2.24, 2.45) is 11.8 Å². The second kappa shape index (κ2) is 8.05. The molecule has 4 unspecified atom stereocenters. The summed E-state index contributed by atoms with van der Waals surface area (Å²) in [5.74, 6) is 0.598. The second-order valence-corrected chi connectivity index (χ2v) is 11.5. The molecule has 1 N–H and O–H groups in total. The molecule has 1 saturated heterocycles. The Balaban J connectivity index is 1.22. The number of likely N-dealkylation sites (tertiary alicyclic amines) is 1. The van der Waals surface area contributed by atoms with Crippen molar-refractivity contribution in [1.82, 2.24) is 20.1 Å². The van der Waals surface area contributed by atoms with Crippen LogP contribution in [0.15, 0.2) is 53.4 Å². The number of nitrogens with one attached hydrogen (secondary N) is 1. The molecule has 0 radical (unpaired) electrons. The zero-order chi connectivity index (χ0) is 24.5. The lowest BCUT2D eigenvalue weighted by atomic mass is 9.86. The molecule has 0 amide bonds. The SMILES string of the molecule is CN1C=C2C=C(F)c3cccnc3C3=C2C1CC(C1=CC2CN(CC(=O)OC(C)(C)C)CC2C1)N3. The lowest BCUT2D eigenvalue weighted by Crippen LogP contribution is -2.43. The van der Waals surface area contributed by atoms with Gasteiger partial charge in [-0.05, 0) is 63.7 Å². The van der Waals surface area contributed by atoms with E-state index in [1.54, 1.807) is 18.3 Å². The predicted octanol–water partition coefficient (Wildman–Crippen LogP) is 3.90. The second-order valence-electron chi connectivity index (χ2n) is 11.5. The summed E-state index contributed by atoms with van der Waals surface area (Å²) < 4.78 is 20.6. The Kier molecular flexibility index (Phi) is 5.18. The van der Waals surface area contributed by atoms with Crippen LogP contribution in [-0.4, -0.2) is 65.1 Å². The number of hydrogen-bond acceptors (Lipinski definition) is 6. The molecule has 1 fully saturated rings. The number of rotatable bonds is 3. The third-order valence-electron chi connectivity index (χ3n) is 7.82. The molecule has 0 bridgehead atoms. The highest BCUT2D eigenvalue weighted by molar-refractivity contribution is 5.85. The summed E-state index contributed by atoms with van der Waals surface area (Å²) in [4.78, 5) is 21.3. The first kappa shape index (κ1) is 22.5. The first-order valence-corrected chi connectivity index (χ1v) is 12.6. The number of aromatic nitrogens is 1. The lowest BCUT2D eigenvalue weighted by Gasteiger charge is -2.36. The smallest absolute Gasteiger partial charge is 0.320 e. The topological polar surface area (TPSA) is 57.7 Å². The average Bonchev–Trinajstić information content (AvgIpc) is 3.41. The van der Waals surface area contributed by atoms with Gasteiger partial charge in [-0.3, -0.25) is 14.7 Å². The van der Waals surface area contributed by atoms with Crippen molar-refractivity contribution in [2.45, 2.75) is 51.3 Å². The van der Waals surface area contributed by atoms with E-state index in [1.165, 1.54) is 5.57 Å². The van der Waals surface area contributed by atoms with Crippen LogP contribution in [0.5, 0.6) is 0 Å². The van der Waals surface area contributed by atoms with Gasteiger partial charge in [0.2, 0.25) is 0 Å². The summed E-state index contributed by atoms with van der Waals surface area (Å²) >= 11 is 0. The monoisotopic (exact) mass is 476 g/mol. The van der Waals surface area contributed by atoms with Gasteiger partial charge in [0.1, 0.15) is 11.4 Å². The van der Waals surface area contributed by atoms with Crippen LogP contribution in [0.3, 0.4) is 0 Å². The number of carbonyl (C=O) groups is 1. The first-order chi connectivity index (χ1) is 16.7. The van der Waals surface area contributed by atoms with Crippen molar-refractivity contribution in [3.63, 3.8) is 0 Å². The fraction of sp³-hybridized carbons (Fsp3) is 0.500. The van der Waals surface area contributed by atoms with Gasteiger partial charge >= 0.3 is 5.97 Å². The molecule has 3 aliphatic heterocycles. The maximum atomic E-state index is 15.1. The molecule has 1 aromatic heterocycles. The number of nitrogens with zero attached hydrogens (tertiary/aromatic N) is 3. The Hall–Kier alpha value is -2.93. The molecule has 35 heavy (non-hydrogen) atoms. The van der Waals surface area contributed by atoms with Crippen molar-refractivity contribution in [3.05, 3.63) is 64.7 Å². The molecule has 0 aromatic carbocycles. The molecule has 4 heterocycles. The molecule has 1 aromatic rings. The van der Waals surface area contributed by atoms with E-state index in [9.17, 15) is 4.79 Å². The van der Waals surface area contributed by atoms with Crippen LogP contribution < -0.4 is 5.32 Å². The molecule has 5 aliphatic rings. The summed E-state index contributed by atoms with van der Waals surface area (Å²) in [5.41, 5.74) is 5.28. The summed E-state index contributed by atoms with van der Waals surface area (Å²) in [6.07, 6.45) is 9.85. The number of ether oxygens (including phenoxy) is 1. The normalized spacial score (nSPS) is 29.5. The molecule has 7 heteroatoms. The molecule has 184 valence electrons. The predicted molar refractivity (Wildman–Crippen MR) is 133 cm³/mol. The van der Waals surface area contributed by atoms with Gasteiger partial charge in [-0.2, -0.15) is 0 Å². The van der Waals surface area contributed by atoms with Crippen LogP contribution in [0.25, 0.3) is 11.5 Å². The number of esters is 1. The van der Waals surface area contributed by atoms with Crippen LogP contribution in [0.2, 0.25) is 0 Å². The van der Waals surface area contributed by atoms with Crippen molar-refractivity contribution >= 4 is 17.5 Å². The van der Waals surface area contributed by atoms with Crippen molar-refractivity contribution in [3.8, 4) is 0 Å². The Morgan fingerprint density at radius 1 is 1.31 bits per heavy atom. The quantitative estimate of drug-likeness (QED) is 0.528.